The van der Waals surface area contributed by atoms with Crippen LogP contribution in [0, 0.1) is 5.92 Å². The second-order valence-corrected chi connectivity index (χ2v) is 8.77. The number of fused-ring (bicyclic) bond motifs is 3. The van der Waals surface area contributed by atoms with Crippen molar-refractivity contribution in [2.24, 2.45) is 11.7 Å². The maximum Gasteiger partial charge on any atom is 0.255 e. The molecule has 2 saturated heterocycles. The minimum Gasteiger partial charge on any atom is -0.328 e. The van der Waals surface area contributed by atoms with Crippen molar-refractivity contribution in [1.82, 2.24) is 15.1 Å². The number of nitrogens with one attached hydrogen (secondary N) is 1. The summed E-state index contributed by atoms with van der Waals surface area (Å²) in [7, 11) is 0. The molecule has 28 heavy (non-hydrogen) atoms. The Balaban J connectivity index is 1.37. The smallest absolute Gasteiger partial charge is 0.255 e. The monoisotopic (exact) mass is 382 g/mol. The Hall–Kier alpha value is -2.25. The van der Waals surface area contributed by atoms with Crippen LogP contribution in [0.15, 0.2) is 18.2 Å². The van der Waals surface area contributed by atoms with Gasteiger partial charge in [0.15, 0.2) is 0 Å². The van der Waals surface area contributed by atoms with Gasteiger partial charge in [0, 0.05) is 43.7 Å². The normalized spacial score (nSPS) is 32.6. The Morgan fingerprint density at radius 3 is 2.82 bits per heavy atom. The van der Waals surface area contributed by atoms with Crippen molar-refractivity contribution in [1.29, 1.82) is 0 Å². The topological polar surface area (TPSA) is 95.7 Å². The third-order valence-corrected chi connectivity index (χ3v) is 6.84. The molecule has 1 unspecified atom stereocenters. The van der Waals surface area contributed by atoms with E-state index < -0.39 is 6.04 Å². The van der Waals surface area contributed by atoms with Crippen LogP contribution in [0.3, 0.4) is 0 Å². The minimum absolute atomic E-state index is 0.0843. The number of piperidine rings is 1. The Bertz CT molecular complexity index is 854. The zero-order valence-electron chi connectivity index (χ0n) is 15.9. The molecule has 0 spiro atoms. The van der Waals surface area contributed by atoms with E-state index in [1.807, 2.05) is 18.2 Å². The molecule has 0 aromatic heterocycles. The van der Waals surface area contributed by atoms with Crippen LogP contribution in [-0.4, -0.2) is 52.2 Å². The Kier molecular flexibility index (Phi) is 4.25. The highest BCUT2D eigenvalue weighted by atomic mass is 16.2. The fourth-order valence-corrected chi connectivity index (χ4v) is 5.61. The highest BCUT2D eigenvalue weighted by Crippen LogP contribution is 2.37. The van der Waals surface area contributed by atoms with Gasteiger partial charge in [-0.2, -0.15) is 0 Å². The molecule has 3 amide bonds. The molecule has 0 radical (unpaired) electrons. The molecule has 1 aromatic rings. The van der Waals surface area contributed by atoms with E-state index in [0.717, 1.165) is 42.6 Å². The third kappa shape index (κ3) is 2.93. The number of nitrogens with zero attached hydrogens (tertiary/aromatic N) is 2. The fraction of sp³-hybridized carbons (Fsp3) is 0.571. The zero-order valence-corrected chi connectivity index (χ0v) is 15.9. The van der Waals surface area contributed by atoms with Crippen LogP contribution in [0.5, 0.6) is 0 Å². The first-order chi connectivity index (χ1) is 13.5. The van der Waals surface area contributed by atoms with E-state index in [0.29, 0.717) is 31.0 Å². The van der Waals surface area contributed by atoms with Gasteiger partial charge in [0.2, 0.25) is 11.8 Å². The van der Waals surface area contributed by atoms with E-state index in [1.54, 1.807) is 4.90 Å². The van der Waals surface area contributed by atoms with E-state index in [-0.39, 0.29) is 24.1 Å². The molecule has 7 heteroatoms. The van der Waals surface area contributed by atoms with Gasteiger partial charge in [-0.05, 0) is 42.7 Å². The summed E-state index contributed by atoms with van der Waals surface area (Å²) in [6.07, 6.45) is 4.01. The molecule has 3 aliphatic heterocycles. The standard InChI is InChI=1S/C21H26N4O3/c22-15-6-12-7-16(8-15)24(9-12)10-13-2-1-3-14-11-25(21(28)19(13)14)17-4-5-18(26)23-20(17)27/h1-3,12,15-17H,4-11,22H2,(H,23,26,27)/t12-,15+,16-,17?/m0/s1. The van der Waals surface area contributed by atoms with Crippen molar-refractivity contribution in [2.45, 2.75) is 63.3 Å². The quantitative estimate of drug-likeness (QED) is 0.753. The van der Waals surface area contributed by atoms with Gasteiger partial charge in [-0.1, -0.05) is 18.2 Å². The van der Waals surface area contributed by atoms with Crippen LogP contribution in [-0.2, 0) is 22.7 Å². The van der Waals surface area contributed by atoms with Gasteiger partial charge in [0.1, 0.15) is 6.04 Å². The molecule has 5 rings (SSSR count). The predicted octanol–water partition coefficient (Wildman–Crippen LogP) is 0.759. The lowest BCUT2D eigenvalue weighted by atomic mass is 9.87. The predicted molar refractivity (Wildman–Crippen MR) is 102 cm³/mol. The maximum absolute atomic E-state index is 13.2. The molecule has 1 saturated carbocycles. The van der Waals surface area contributed by atoms with Crippen LogP contribution >= 0.6 is 0 Å². The van der Waals surface area contributed by atoms with Gasteiger partial charge in [-0.3, -0.25) is 24.6 Å². The van der Waals surface area contributed by atoms with E-state index >= 15 is 0 Å². The van der Waals surface area contributed by atoms with Gasteiger partial charge >= 0.3 is 0 Å². The number of carbonyl (C=O) groups is 3. The van der Waals surface area contributed by atoms with Crippen LogP contribution in [0.25, 0.3) is 0 Å². The fourth-order valence-electron chi connectivity index (χ4n) is 5.61. The summed E-state index contributed by atoms with van der Waals surface area (Å²) in [4.78, 5) is 41.0. The van der Waals surface area contributed by atoms with Crippen molar-refractivity contribution < 1.29 is 14.4 Å². The van der Waals surface area contributed by atoms with E-state index in [9.17, 15) is 14.4 Å². The van der Waals surface area contributed by atoms with Crippen molar-refractivity contribution in [3.05, 3.63) is 34.9 Å². The first-order valence-corrected chi connectivity index (χ1v) is 10.2. The molecular formula is C21H26N4O3. The number of amides is 3. The largest absolute Gasteiger partial charge is 0.328 e. The summed E-state index contributed by atoms with van der Waals surface area (Å²) in [5, 5.41) is 2.36. The van der Waals surface area contributed by atoms with Crippen LogP contribution in [0.4, 0.5) is 0 Å². The minimum atomic E-state index is -0.561. The number of rotatable bonds is 3. The lowest BCUT2D eigenvalue weighted by molar-refractivity contribution is -0.136. The average Bonchev–Trinajstić information content (AvgIpc) is 3.12. The summed E-state index contributed by atoms with van der Waals surface area (Å²) in [6.45, 7) is 2.24. The second-order valence-electron chi connectivity index (χ2n) is 8.77. The molecule has 2 bridgehead atoms. The molecule has 1 aliphatic carbocycles. The van der Waals surface area contributed by atoms with Crippen LogP contribution in [0.1, 0.15) is 53.6 Å². The lowest BCUT2D eigenvalue weighted by Gasteiger charge is -2.29. The summed E-state index contributed by atoms with van der Waals surface area (Å²) in [6, 6.07) is 6.25. The summed E-state index contributed by atoms with van der Waals surface area (Å²) in [5.74, 6) is -0.0362. The number of hydrogen-bond acceptors (Lipinski definition) is 5. The zero-order chi connectivity index (χ0) is 19.4. The van der Waals surface area contributed by atoms with Gasteiger partial charge in [-0.15, -0.1) is 0 Å². The first kappa shape index (κ1) is 17.8. The molecule has 3 N–H and O–H groups in total. The molecular weight excluding hydrogens is 356 g/mol. The molecule has 148 valence electrons. The van der Waals surface area contributed by atoms with E-state index in [4.69, 9.17) is 5.73 Å². The lowest BCUT2D eigenvalue weighted by Crippen LogP contribution is -2.52. The number of likely N-dealkylation sites (tertiary alicyclic amines) is 1. The molecule has 4 aliphatic rings. The van der Waals surface area contributed by atoms with Gasteiger partial charge in [0.05, 0.1) is 0 Å². The van der Waals surface area contributed by atoms with Crippen molar-refractivity contribution in [2.75, 3.05) is 6.54 Å². The van der Waals surface area contributed by atoms with E-state index in [2.05, 4.69) is 10.2 Å². The number of nitrogens with two attached hydrogens (primary N) is 1. The van der Waals surface area contributed by atoms with Gasteiger partial charge < -0.3 is 10.6 Å². The molecule has 7 nitrogen and oxygen atoms in total. The molecule has 3 fully saturated rings. The summed E-state index contributed by atoms with van der Waals surface area (Å²) >= 11 is 0. The summed E-state index contributed by atoms with van der Waals surface area (Å²) in [5.41, 5.74) is 8.96. The summed E-state index contributed by atoms with van der Waals surface area (Å²) < 4.78 is 0. The first-order valence-electron chi connectivity index (χ1n) is 10.2. The number of benzene rings is 1. The van der Waals surface area contributed by atoms with Gasteiger partial charge in [0.25, 0.3) is 5.91 Å². The number of imide groups is 1. The second kappa shape index (κ2) is 6.67. The SMILES string of the molecule is N[C@@H]1C[C@H]2C[C@@H](C1)N(Cc1cccc3c1C(=O)N(C1CCC(=O)NC1=O)C3)C2. The molecule has 1 aromatic carbocycles. The van der Waals surface area contributed by atoms with Crippen LogP contribution < -0.4 is 11.1 Å². The number of hydrogen-bond donors (Lipinski definition) is 2. The maximum atomic E-state index is 13.2. The Morgan fingerprint density at radius 1 is 1.14 bits per heavy atom. The Morgan fingerprint density at radius 2 is 2.00 bits per heavy atom. The van der Waals surface area contributed by atoms with E-state index in [1.165, 1.54) is 6.42 Å². The molecule has 4 atom stereocenters. The van der Waals surface area contributed by atoms with Crippen molar-refractivity contribution >= 4 is 17.7 Å². The highest BCUT2D eigenvalue weighted by molar-refractivity contribution is 6.05. The van der Waals surface area contributed by atoms with Gasteiger partial charge in [-0.25, -0.2) is 0 Å². The van der Waals surface area contributed by atoms with Crippen LogP contribution in [0.2, 0.25) is 0 Å². The third-order valence-electron chi connectivity index (χ3n) is 6.84. The average molecular weight is 382 g/mol. The van der Waals surface area contributed by atoms with Crippen molar-refractivity contribution in [3.63, 3.8) is 0 Å². The highest BCUT2D eigenvalue weighted by Gasteiger charge is 2.42. The Labute approximate surface area is 164 Å². The number of carbonyl (C=O) groups excluding carboxylic acids is 3. The van der Waals surface area contributed by atoms with Crippen molar-refractivity contribution in [3.8, 4) is 0 Å². The molecule has 3 heterocycles.